The molecule has 4 heterocycles. The third-order valence-electron chi connectivity index (χ3n) is 7.81. The van der Waals surface area contributed by atoms with Crippen LogP contribution in [0.3, 0.4) is 0 Å². The molecule has 0 N–H and O–H groups in total. The molecule has 2 aliphatic rings. The quantitative estimate of drug-likeness (QED) is 0.216. The number of hydrogen-bond donors (Lipinski definition) is 0. The Morgan fingerprint density at radius 3 is 2.20 bits per heavy atom. The van der Waals surface area contributed by atoms with Gasteiger partial charge in [0.05, 0.1) is 37.1 Å². The number of alkyl halides is 6. The van der Waals surface area contributed by atoms with E-state index in [1.54, 1.807) is 29.0 Å². The predicted octanol–water partition coefficient (Wildman–Crippen LogP) is 6.02. The Hall–Kier alpha value is -3.92. The Labute approximate surface area is 254 Å². The second-order valence-electron chi connectivity index (χ2n) is 11.0. The van der Waals surface area contributed by atoms with Crippen LogP contribution in [0.15, 0.2) is 43.0 Å². The number of halogens is 6. The number of aromatic nitrogens is 4. The maximum absolute atomic E-state index is 13.7. The number of benzene rings is 1. The van der Waals surface area contributed by atoms with Crippen molar-refractivity contribution in [3.63, 3.8) is 0 Å². The molecule has 1 aromatic carbocycles. The number of nitrogens with zero attached hydrogens (tertiary/aromatic N) is 6. The van der Waals surface area contributed by atoms with Gasteiger partial charge in [-0.05, 0) is 36.6 Å². The van der Waals surface area contributed by atoms with Crippen LogP contribution in [0.4, 0.5) is 37.1 Å². The minimum absolute atomic E-state index is 0.0834. The van der Waals surface area contributed by atoms with Gasteiger partial charge in [0.1, 0.15) is 6.10 Å². The average Bonchev–Trinajstić information content (AvgIpc) is 3.61. The summed E-state index contributed by atoms with van der Waals surface area (Å²) in [6.45, 7) is 2.50. The summed E-state index contributed by atoms with van der Waals surface area (Å²) in [5, 5.41) is 5.56. The molecule has 16 heteroatoms. The molecule has 0 saturated carbocycles. The lowest BCUT2D eigenvalue weighted by Gasteiger charge is -2.29. The number of aryl methyl sites for hydroxylation is 1. The molecule has 0 bridgehead atoms. The smallest absolute Gasteiger partial charge is 0.430 e. The van der Waals surface area contributed by atoms with Crippen LogP contribution in [-0.2, 0) is 40.3 Å². The van der Waals surface area contributed by atoms with Gasteiger partial charge in [-0.3, -0.25) is 4.68 Å². The van der Waals surface area contributed by atoms with E-state index in [9.17, 15) is 31.1 Å². The fourth-order valence-corrected chi connectivity index (χ4v) is 5.48. The highest BCUT2D eigenvalue weighted by Crippen LogP contribution is 2.37. The van der Waals surface area contributed by atoms with Gasteiger partial charge in [-0.15, -0.1) is 5.06 Å². The summed E-state index contributed by atoms with van der Waals surface area (Å²) in [5.74, 6) is 0.0834. The van der Waals surface area contributed by atoms with Crippen molar-refractivity contribution >= 4 is 12.1 Å². The van der Waals surface area contributed by atoms with E-state index < -0.39 is 35.7 Å². The zero-order valence-corrected chi connectivity index (χ0v) is 24.5. The molecular formula is C29H32F6N6O4. The van der Waals surface area contributed by atoms with Gasteiger partial charge in [0, 0.05) is 68.2 Å². The first-order valence-electron chi connectivity index (χ1n) is 14.4. The molecule has 2 fully saturated rings. The van der Waals surface area contributed by atoms with Crippen LogP contribution in [0.5, 0.6) is 0 Å². The van der Waals surface area contributed by atoms with Gasteiger partial charge in [-0.2, -0.15) is 31.4 Å². The normalized spacial score (nSPS) is 19.9. The van der Waals surface area contributed by atoms with Gasteiger partial charge in [-0.1, -0.05) is 6.92 Å². The number of anilines is 1. The highest BCUT2D eigenvalue weighted by molar-refractivity contribution is 5.60. The van der Waals surface area contributed by atoms with E-state index in [1.165, 1.54) is 17.5 Å². The fraction of sp³-hybridized carbons (Fsp3) is 0.517. The summed E-state index contributed by atoms with van der Waals surface area (Å²) in [7, 11) is 1.74. The van der Waals surface area contributed by atoms with E-state index in [0.717, 1.165) is 5.56 Å². The standard InChI is InChI=1S/C29H32F6N6O4/c1-3-23-11-24(17-41(23)45-27(42)44-25-4-6-43-7-5-25)40(26-36-12-19(13-37-26)20-14-38-39(2)16-20)15-18-8-21(28(30,31)32)10-22(9-18)29(33,34)35/h8-10,12-14,16,23-25H,3-7,11,15,17H2,1-2H3/t23-,24+/m1/s1. The topological polar surface area (TPSA) is 94.8 Å². The molecule has 5 rings (SSSR count). The van der Waals surface area contributed by atoms with Gasteiger partial charge in [-0.25, -0.2) is 14.8 Å². The monoisotopic (exact) mass is 642 g/mol. The molecule has 0 aliphatic carbocycles. The number of rotatable bonds is 8. The number of carbonyl (C=O) groups is 1. The molecule has 0 amide bonds. The lowest BCUT2D eigenvalue weighted by molar-refractivity contribution is -0.149. The summed E-state index contributed by atoms with van der Waals surface area (Å²) in [6, 6.07) is 0.631. The Balaban J connectivity index is 1.44. The Kier molecular flexibility index (Phi) is 9.53. The lowest BCUT2D eigenvalue weighted by atomic mass is 10.0. The first kappa shape index (κ1) is 32.5. The Bertz CT molecular complexity index is 1430. The minimum atomic E-state index is -5.00. The van der Waals surface area contributed by atoms with Crippen molar-refractivity contribution in [2.75, 3.05) is 24.7 Å². The van der Waals surface area contributed by atoms with Gasteiger partial charge < -0.3 is 19.2 Å². The van der Waals surface area contributed by atoms with E-state index in [-0.39, 0.29) is 42.8 Å². The van der Waals surface area contributed by atoms with E-state index >= 15 is 0 Å². The highest BCUT2D eigenvalue weighted by atomic mass is 19.4. The molecule has 2 atom stereocenters. The van der Waals surface area contributed by atoms with E-state index in [4.69, 9.17) is 14.3 Å². The van der Waals surface area contributed by atoms with Crippen molar-refractivity contribution < 1.29 is 45.4 Å². The van der Waals surface area contributed by atoms with Crippen molar-refractivity contribution in [2.45, 2.75) is 69.7 Å². The summed E-state index contributed by atoms with van der Waals surface area (Å²) >= 11 is 0. The molecule has 10 nitrogen and oxygen atoms in total. The lowest BCUT2D eigenvalue weighted by Crippen LogP contribution is -2.39. The van der Waals surface area contributed by atoms with Crippen LogP contribution >= 0.6 is 0 Å². The Morgan fingerprint density at radius 1 is 1.00 bits per heavy atom. The molecule has 2 saturated heterocycles. The maximum atomic E-state index is 13.7. The van der Waals surface area contributed by atoms with Gasteiger partial charge >= 0.3 is 18.5 Å². The summed E-state index contributed by atoms with van der Waals surface area (Å²) in [6.07, 6.45) is -2.91. The van der Waals surface area contributed by atoms with E-state index in [1.807, 2.05) is 6.92 Å². The van der Waals surface area contributed by atoms with Crippen LogP contribution in [0, 0.1) is 0 Å². The molecule has 3 aromatic rings. The van der Waals surface area contributed by atoms with Crippen LogP contribution in [0.2, 0.25) is 0 Å². The molecule has 0 spiro atoms. The fourth-order valence-electron chi connectivity index (χ4n) is 5.48. The SMILES string of the molecule is CC[C@@H]1C[C@H](N(Cc2cc(C(F)(F)F)cc(C(F)(F)F)c2)c2ncc(-c3cnn(C)c3)cn2)CN1OC(=O)OC1CCOCC1. The molecule has 45 heavy (non-hydrogen) atoms. The minimum Gasteiger partial charge on any atom is -0.430 e. The van der Waals surface area contributed by atoms with Crippen molar-refractivity contribution in [3.05, 3.63) is 59.7 Å². The van der Waals surface area contributed by atoms with Gasteiger partial charge in [0.15, 0.2) is 0 Å². The molecule has 244 valence electrons. The van der Waals surface area contributed by atoms with Gasteiger partial charge in [0.25, 0.3) is 0 Å². The third kappa shape index (κ3) is 8.03. The molecule has 2 aromatic heterocycles. The largest absolute Gasteiger partial charge is 0.528 e. The van der Waals surface area contributed by atoms with Crippen molar-refractivity contribution in [1.82, 2.24) is 24.8 Å². The summed E-state index contributed by atoms with van der Waals surface area (Å²) in [5.41, 5.74) is -1.73. The van der Waals surface area contributed by atoms with Crippen LogP contribution in [0.25, 0.3) is 11.1 Å². The number of hydroxylamine groups is 2. The molecule has 0 radical (unpaired) electrons. The highest BCUT2D eigenvalue weighted by Gasteiger charge is 2.40. The van der Waals surface area contributed by atoms with Crippen LogP contribution in [-0.4, -0.2) is 68.9 Å². The Morgan fingerprint density at radius 2 is 1.64 bits per heavy atom. The third-order valence-corrected chi connectivity index (χ3v) is 7.81. The second kappa shape index (κ2) is 13.2. The van der Waals surface area contributed by atoms with Crippen LogP contribution < -0.4 is 4.90 Å². The van der Waals surface area contributed by atoms with Crippen molar-refractivity contribution in [1.29, 1.82) is 0 Å². The van der Waals surface area contributed by atoms with Crippen LogP contribution in [0.1, 0.15) is 49.3 Å². The number of carbonyl (C=O) groups excluding carboxylic acids is 1. The predicted molar refractivity (Wildman–Crippen MR) is 147 cm³/mol. The zero-order valence-electron chi connectivity index (χ0n) is 24.5. The van der Waals surface area contributed by atoms with E-state index in [2.05, 4.69) is 15.1 Å². The second-order valence-corrected chi connectivity index (χ2v) is 11.0. The first-order valence-corrected chi connectivity index (χ1v) is 14.4. The molecule has 0 unspecified atom stereocenters. The van der Waals surface area contributed by atoms with Crippen molar-refractivity contribution in [3.8, 4) is 11.1 Å². The first-order chi connectivity index (χ1) is 21.3. The zero-order chi connectivity index (χ0) is 32.4. The molecule has 2 aliphatic heterocycles. The summed E-state index contributed by atoms with van der Waals surface area (Å²) < 4.78 is 94.2. The van der Waals surface area contributed by atoms with E-state index in [0.29, 0.717) is 56.6 Å². The maximum Gasteiger partial charge on any atom is 0.528 e. The van der Waals surface area contributed by atoms with Crippen molar-refractivity contribution in [2.24, 2.45) is 7.05 Å². The number of hydrogen-bond acceptors (Lipinski definition) is 9. The molecular weight excluding hydrogens is 610 g/mol. The average molecular weight is 643 g/mol. The number of ether oxygens (including phenoxy) is 2. The van der Waals surface area contributed by atoms with Gasteiger partial charge in [0.2, 0.25) is 5.95 Å². The summed E-state index contributed by atoms with van der Waals surface area (Å²) in [4.78, 5) is 28.6.